The van der Waals surface area contributed by atoms with Crippen molar-refractivity contribution >= 4 is 17.8 Å². The Balaban J connectivity index is 1.45. The van der Waals surface area contributed by atoms with E-state index in [4.69, 9.17) is 9.15 Å². The van der Waals surface area contributed by atoms with Gasteiger partial charge in [-0.3, -0.25) is 14.5 Å². The van der Waals surface area contributed by atoms with Gasteiger partial charge >= 0.3 is 5.97 Å². The zero-order chi connectivity index (χ0) is 25.8. The Bertz CT molecular complexity index is 931. The molecule has 2 amide bonds. The smallest absolute Gasteiger partial charge is 0.360 e. The summed E-state index contributed by atoms with van der Waals surface area (Å²) in [6, 6.07) is 0.314. The fourth-order valence-corrected chi connectivity index (χ4v) is 6.31. The van der Waals surface area contributed by atoms with E-state index in [2.05, 4.69) is 40.9 Å². The number of oxazole rings is 1. The lowest BCUT2D eigenvalue weighted by Gasteiger charge is -2.51. The highest BCUT2D eigenvalue weighted by Gasteiger charge is 2.42. The molecule has 1 aromatic heterocycles. The van der Waals surface area contributed by atoms with Crippen molar-refractivity contribution in [3.8, 4) is 0 Å². The summed E-state index contributed by atoms with van der Waals surface area (Å²) in [4.78, 5) is 46.7. The molecule has 0 aliphatic carbocycles. The summed E-state index contributed by atoms with van der Waals surface area (Å²) in [7, 11) is 1.33. The molecule has 1 aromatic rings. The van der Waals surface area contributed by atoms with E-state index in [0.29, 0.717) is 48.9 Å². The second-order valence-electron chi connectivity index (χ2n) is 11.5. The first-order chi connectivity index (χ1) is 17.2. The van der Waals surface area contributed by atoms with Crippen LogP contribution in [0.25, 0.3) is 0 Å². The van der Waals surface area contributed by atoms with Gasteiger partial charge < -0.3 is 19.4 Å². The van der Waals surface area contributed by atoms with Crippen LogP contribution in [-0.2, 0) is 20.9 Å². The maximum atomic E-state index is 13.5. The topological polar surface area (TPSA) is 105 Å². The number of amides is 2. The van der Waals surface area contributed by atoms with Crippen LogP contribution in [0.15, 0.2) is 10.7 Å². The van der Waals surface area contributed by atoms with E-state index < -0.39 is 5.97 Å². The van der Waals surface area contributed by atoms with E-state index in [9.17, 15) is 14.4 Å². The van der Waals surface area contributed by atoms with Gasteiger partial charge in [0.2, 0.25) is 17.7 Å². The molecule has 0 spiro atoms. The number of aromatic nitrogens is 1. The van der Waals surface area contributed by atoms with E-state index in [1.54, 1.807) is 0 Å². The van der Waals surface area contributed by atoms with E-state index in [0.717, 1.165) is 51.7 Å². The van der Waals surface area contributed by atoms with Crippen LogP contribution in [0.3, 0.4) is 0 Å². The first-order valence-electron chi connectivity index (χ1n) is 13.6. The highest BCUT2D eigenvalue weighted by molar-refractivity contribution is 5.86. The minimum atomic E-state index is -0.503. The number of piperidine rings is 2. The summed E-state index contributed by atoms with van der Waals surface area (Å²) in [5, 5.41) is 3.25. The molecule has 3 aliphatic heterocycles. The van der Waals surface area contributed by atoms with Crippen molar-refractivity contribution in [3.05, 3.63) is 17.8 Å². The lowest BCUT2D eigenvalue weighted by Crippen LogP contribution is -2.59. The Labute approximate surface area is 214 Å². The van der Waals surface area contributed by atoms with Crippen molar-refractivity contribution in [2.75, 3.05) is 26.7 Å². The van der Waals surface area contributed by atoms with Crippen molar-refractivity contribution in [2.45, 2.75) is 84.3 Å². The lowest BCUT2D eigenvalue weighted by molar-refractivity contribution is -0.142. The number of ether oxygens (including phenoxy) is 1. The minimum absolute atomic E-state index is 0.128. The number of fused-ring (bicyclic) bond motifs is 4. The Morgan fingerprint density at radius 1 is 1.22 bits per heavy atom. The number of carbonyl (C=O) groups excluding carboxylic acids is 3. The molecule has 200 valence electrons. The van der Waals surface area contributed by atoms with Crippen LogP contribution in [0, 0.1) is 23.7 Å². The molecule has 0 radical (unpaired) electrons. The number of rotatable bonds is 4. The van der Waals surface area contributed by atoms with Crippen molar-refractivity contribution in [1.82, 2.24) is 20.1 Å². The van der Waals surface area contributed by atoms with Gasteiger partial charge in [0.15, 0.2) is 5.69 Å². The Morgan fingerprint density at radius 3 is 2.78 bits per heavy atom. The number of nitrogens with zero attached hydrogens (tertiary/aromatic N) is 3. The number of carbonyl (C=O) groups is 3. The molecule has 9 nitrogen and oxygen atoms in total. The third-order valence-electron chi connectivity index (χ3n) is 8.22. The molecule has 1 N–H and O–H groups in total. The van der Waals surface area contributed by atoms with Crippen LogP contribution in [0.4, 0.5) is 0 Å². The number of hydrogen-bond acceptors (Lipinski definition) is 7. The highest BCUT2D eigenvalue weighted by Crippen LogP contribution is 2.37. The second kappa shape index (κ2) is 11.8. The highest BCUT2D eigenvalue weighted by atomic mass is 16.5. The predicted molar refractivity (Wildman–Crippen MR) is 134 cm³/mol. The van der Waals surface area contributed by atoms with Gasteiger partial charge in [-0.15, -0.1) is 0 Å². The monoisotopic (exact) mass is 502 g/mol. The number of methoxy groups -OCH3 is 1. The van der Waals surface area contributed by atoms with Crippen LogP contribution < -0.4 is 5.32 Å². The van der Waals surface area contributed by atoms with Crippen molar-refractivity contribution in [2.24, 2.45) is 23.7 Å². The standard InChI is InChI=1S/C27H42N4O5/c1-17(2)21-9-8-18(3)10-26(33)31-13-19-11-20(23(31)6-5-7-24(32)28-21)14-30(12-19)15-25-29-22(16-36-25)27(34)35-4/h16-21,23H,5-15H2,1-4H3,(H,28,32)/t18-,19+,20+,21+,23+/m1/s1. The van der Waals surface area contributed by atoms with Crippen LogP contribution in [0.1, 0.15) is 82.1 Å². The molecular weight excluding hydrogens is 460 g/mol. The average molecular weight is 503 g/mol. The molecule has 0 saturated carbocycles. The van der Waals surface area contributed by atoms with Gasteiger partial charge in [0, 0.05) is 44.6 Å². The Morgan fingerprint density at radius 2 is 2.03 bits per heavy atom. The summed E-state index contributed by atoms with van der Waals surface area (Å²) in [6.07, 6.45) is 7.01. The van der Waals surface area contributed by atoms with Crippen LogP contribution >= 0.6 is 0 Å². The molecule has 4 rings (SSSR count). The summed E-state index contributed by atoms with van der Waals surface area (Å²) in [5.74, 6) is 1.82. The summed E-state index contributed by atoms with van der Waals surface area (Å²) in [5.41, 5.74) is 0.184. The maximum absolute atomic E-state index is 13.5. The quantitative estimate of drug-likeness (QED) is 0.630. The van der Waals surface area contributed by atoms with Gasteiger partial charge in [-0.25, -0.2) is 9.78 Å². The molecule has 4 heterocycles. The van der Waals surface area contributed by atoms with E-state index in [1.165, 1.54) is 13.4 Å². The van der Waals surface area contributed by atoms with Gasteiger partial charge in [-0.05, 0) is 55.8 Å². The summed E-state index contributed by atoms with van der Waals surface area (Å²) >= 11 is 0. The molecule has 3 aliphatic rings. The van der Waals surface area contributed by atoms with Crippen molar-refractivity contribution in [3.63, 3.8) is 0 Å². The van der Waals surface area contributed by atoms with Gasteiger partial charge in [0.05, 0.1) is 13.7 Å². The van der Waals surface area contributed by atoms with E-state index in [1.807, 2.05) is 0 Å². The van der Waals surface area contributed by atoms with Crippen molar-refractivity contribution < 1.29 is 23.5 Å². The van der Waals surface area contributed by atoms with E-state index >= 15 is 0 Å². The average Bonchev–Trinajstić information content (AvgIpc) is 3.30. The van der Waals surface area contributed by atoms with Crippen LogP contribution in [0.2, 0.25) is 0 Å². The molecular formula is C27H42N4O5. The number of esters is 1. The van der Waals surface area contributed by atoms with Gasteiger partial charge in [0.1, 0.15) is 6.26 Å². The number of nitrogens with one attached hydrogen (secondary N) is 1. The third kappa shape index (κ3) is 6.47. The number of hydrogen-bond donors (Lipinski definition) is 1. The van der Waals surface area contributed by atoms with Gasteiger partial charge in [0.25, 0.3) is 0 Å². The molecule has 5 atom stereocenters. The largest absolute Gasteiger partial charge is 0.464 e. The van der Waals surface area contributed by atoms with E-state index in [-0.39, 0.29) is 29.6 Å². The lowest BCUT2D eigenvalue weighted by atomic mass is 9.77. The third-order valence-corrected chi connectivity index (χ3v) is 8.22. The zero-order valence-corrected chi connectivity index (χ0v) is 22.2. The van der Waals surface area contributed by atoms with Gasteiger partial charge in [-0.1, -0.05) is 20.8 Å². The SMILES string of the molecule is COC(=O)c1coc(CN2C[C@@H]3C[C@@H](C2)[C@@H]2CCCC(=O)N[C@H](C(C)C)CC[C@@H](C)CC(=O)N2C3)n1. The Hall–Kier alpha value is -2.42. The zero-order valence-electron chi connectivity index (χ0n) is 22.2. The molecule has 9 heteroatoms. The second-order valence-corrected chi connectivity index (χ2v) is 11.5. The fraction of sp³-hybridized carbons (Fsp3) is 0.778. The summed E-state index contributed by atoms with van der Waals surface area (Å²) < 4.78 is 10.3. The summed E-state index contributed by atoms with van der Waals surface area (Å²) in [6.45, 7) is 9.48. The predicted octanol–water partition coefficient (Wildman–Crippen LogP) is 3.24. The van der Waals surface area contributed by atoms with Crippen LogP contribution in [0.5, 0.6) is 0 Å². The van der Waals surface area contributed by atoms with Crippen LogP contribution in [-0.4, -0.2) is 71.4 Å². The molecule has 3 fully saturated rings. The fourth-order valence-electron chi connectivity index (χ4n) is 6.31. The van der Waals surface area contributed by atoms with Gasteiger partial charge in [-0.2, -0.15) is 0 Å². The maximum Gasteiger partial charge on any atom is 0.360 e. The van der Waals surface area contributed by atoms with Crippen molar-refractivity contribution in [1.29, 1.82) is 0 Å². The number of likely N-dealkylation sites (tertiary alicyclic amines) is 1. The first kappa shape index (κ1) is 26.6. The Kier molecular flexibility index (Phi) is 8.70. The molecule has 3 saturated heterocycles. The molecule has 2 bridgehead atoms. The first-order valence-corrected chi connectivity index (χ1v) is 13.6. The molecule has 0 unspecified atom stereocenters. The normalized spacial score (nSPS) is 30.6. The molecule has 36 heavy (non-hydrogen) atoms. The molecule has 0 aromatic carbocycles. The minimum Gasteiger partial charge on any atom is -0.464 e.